The van der Waals surface area contributed by atoms with Crippen molar-refractivity contribution in [1.82, 2.24) is 0 Å². The first-order chi connectivity index (χ1) is 17.8. The third-order valence-electron chi connectivity index (χ3n) is 5.06. The molecule has 1 N–H and O–H groups in total. The summed E-state index contributed by atoms with van der Waals surface area (Å²) in [6.07, 6.45) is -1.19. The van der Waals surface area contributed by atoms with Crippen molar-refractivity contribution in [2.75, 3.05) is 0 Å². The van der Waals surface area contributed by atoms with Crippen LogP contribution in [0, 0.1) is 0 Å². The van der Waals surface area contributed by atoms with E-state index in [4.69, 9.17) is 18.9 Å². The Morgan fingerprint density at radius 1 is 0.711 bits per heavy atom. The fourth-order valence-electron chi connectivity index (χ4n) is 2.90. The second-order valence-corrected chi connectivity index (χ2v) is 8.88. The summed E-state index contributed by atoms with van der Waals surface area (Å²) in [6, 6.07) is 9.86. The van der Waals surface area contributed by atoms with Gasteiger partial charge >= 0.3 is 17.9 Å². The fraction of sp³-hybridized carbons (Fsp3) is 0.233. The normalized spacial score (nSPS) is 11.2. The zero-order valence-electron chi connectivity index (χ0n) is 22.1. The molecule has 2 rings (SSSR count). The number of esters is 3. The van der Waals surface area contributed by atoms with E-state index in [2.05, 4.69) is 26.3 Å². The summed E-state index contributed by atoms with van der Waals surface area (Å²) in [4.78, 5) is 36.2. The van der Waals surface area contributed by atoms with Gasteiger partial charge in [0.05, 0.1) is 6.61 Å². The van der Waals surface area contributed by atoms with E-state index in [-0.39, 0.29) is 41.4 Å². The topological polar surface area (TPSA) is 108 Å². The lowest BCUT2D eigenvalue weighted by atomic mass is 9.99. The van der Waals surface area contributed by atoms with Crippen LogP contribution in [0.4, 0.5) is 0 Å². The first-order valence-corrected chi connectivity index (χ1v) is 11.6. The molecule has 0 fully saturated rings. The van der Waals surface area contributed by atoms with Crippen molar-refractivity contribution >= 4 is 17.9 Å². The van der Waals surface area contributed by atoms with Crippen molar-refractivity contribution in [2.45, 2.75) is 47.2 Å². The van der Waals surface area contributed by atoms with Gasteiger partial charge in [0.25, 0.3) is 0 Å². The van der Waals surface area contributed by atoms with Crippen LogP contribution in [0.5, 0.6) is 11.5 Å². The van der Waals surface area contributed by atoms with Crippen LogP contribution in [0.1, 0.15) is 38.8 Å². The summed E-state index contributed by atoms with van der Waals surface area (Å²) >= 11 is 0. The van der Waals surface area contributed by atoms with Crippen molar-refractivity contribution in [3.63, 3.8) is 0 Å². The number of carbonyl (C=O) groups excluding carboxylic acids is 3. The number of rotatable bonds is 12. The minimum Gasteiger partial charge on any atom is -0.457 e. The summed E-state index contributed by atoms with van der Waals surface area (Å²) in [5, 5.41) is 10.1. The second-order valence-electron chi connectivity index (χ2n) is 8.88. The number of aliphatic hydroxyl groups is 1. The number of ether oxygens (including phenoxy) is 4. The van der Waals surface area contributed by atoms with Gasteiger partial charge in [-0.3, -0.25) is 0 Å². The molecule has 0 aliphatic rings. The van der Waals surface area contributed by atoms with Crippen LogP contribution in [0.15, 0.2) is 85.0 Å². The summed E-state index contributed by atoms with van der Waals surface area (Å²) < 4.78 is 21.6. The van der Waals surface area contributed by atoms with Gasteiger partial charge in [0.2, 0.25) is 0 Å². The standard InChI is InChI=1S/C30H32O8/c1-17(2)27(31)35-15-22-10-9-21(11-24(22)16-36-28(32)18(3)4)23-12-25(37-29(33)19(5)6)14-26(13-23)38-30(34)20(7)8/h9-14,28,32H,1,3,5,7,15-16H2,2,4,6,8H3. The van der Waals surface area contributed by atoms with E-state index in [1.54, 1.807) is 44.2 Å². The van der Waals surface area contributed by atoms with Crippen molar-refractivity contribution in [3.05, 3.63) is 96.1 Å². The molecule has 0 radical (unpaired) electrons. The average Bonchev–Trinajstić information content (AvgIpc) is 2.85. The Morgan fingerprint density at radius 2 is 1.24 bits per heavy atom. The van der Waals surface area contributed by atoms with Crippen LogP contribution >= 0.6 is 0 Å². The lowest BCUT2D eigenvalue weighted by Gasteiger charge is -2.17. The molecule has 1 atom stereocenters. The van der Waals surface area contributed by atoms with Gasteiger partial charge in [0.1, 0.15) is 18.1 Å². The lowest BCUT2D eigenvalue weighted by Crippen LogP contribution is -2.14. The van der Waals surface area contributed by atoms with Gasteiger partial charge < -0.3 is 24.1 Å². The molecule has 0 bridgehead atoms. The third-order valence-corrected chi connectivity index (χ3v) is 5.06. The van der Waals surface area contributed by atoms with Crippen molar-refractivity contribution < 1.29 is 38.4 Å². The number of carbonyl (C=O) groups is 3. The van der Waals surface area contributed by atoms with Crippen molar-refractivity contribution in [2.24, 2.45) is 0 Å². The Labute approximate surface area is 222 Å². The number of benzene rings is 2. The number of hydrogen-bond acceptors (Lipinski definition) is 8. The SMILES string of the molecule is C=C(C)C(=O)OCc1ccc(-c2cc(OC(=O)C(=C)C)cc(OC(=O)C(=C)C)c2)cc1COC(O)C(=C)C. The third kappa shape index (κ3) is 8.69. The quantitative estimate of drug-likeness (QED) is 0.131. The van der Waals surface area contributed by atoms with Gasteiger partial charge in [0, 0.05) is 22.8 Å². The lowest BCUT2D eigenvalue weighted by molar-refractivity contribution is -0.140. The molecule has 0 spiro atoms. The van der Waals surface area contributed by atoms with E-state index in [0.29, 0.717) is 27.8 Å². The highest BCUT2D eigenvalue weighted by atomic mass is 16.6. The molecule has 0 saturated heterocycles. The van der Waals surface area contributed by atoms with Gasteiger partial charge in [-0.15, -0.1) is 0 Å². The predicted molar refractivity (Wildman–Crippen MR) is 143 cm³/mol. The molecule has 200 valence electrons. The number of hydrogen-bond donors (Lipinski definition) is 1. The van der Waals surface area contributed by atoms with Crippen LogP contribution in [0.25, 0.3) is 11.1 Å². The second kappa shape index (κ2) is 13.3. The highest BCUT2D eigenvalue weighted by Gasteiger charge is 2.16. The van der Waals surface area contributed by atoms with Crippen LogP contribution in [0.3, 0.4) is 0 Å². The maximum absolute atomic E-state index is 12.1. The molecule has 38 heavy (non-hydrogen) atoms. The zero-order chi connectivity index (χ0) is 28.6. The van der Waals surface area contributed by atoms with E-state index in [1.807, 2.05) is 0 Å². The van der Waals surface area contributed by atoms with Crippen LogP contribution in [-0.4, -0.2) is 29.3 Å². The zero-order valence-corrected chi connectivity index (χ0v) is 22.1. The molecule has 0 aromatic heterocycles. The molecule has 0 saturated carbocycles. The average molecular weight is 521 g/mol. The molecule has 8 nitrogen and oxygen atoms in total. The smallest absolute Gasteiger partial charge is 0.338 e. The highest BCUT2D eigenvalue weighted by molar-refractivity contribution is 5.90. The molecule has 0 aliphatic heterocycles. The maximum atomic E-state index is 12.1. The Kier molecular flexibility index (Phi) is 10.5. The van der Waals surface area contributed by atoms with Crippen molar-refractivity contribution in [3.8, 4) is 22.6 Å². The minimum atomic E-state index is -1.19. The first-order valence-electron chi connectivity index (χ1n) is 11.6. The predicted octanol–water partition coefficient (Wildman–Crippen LogP) is 5.35. The molecule has 2 aromatic rings. The van der Waals surface area contributed by atoms with Gasteiger partial charge in [-0.1, -0.05) is 38.4 Å². The molecule has 8 heteroatoms. The highest BCUT2D eigenvalue weighted by Crippen LogP contribution is 2.32. The van der Waals surface area contributed by atoms with E-state index < -0.39 is 24.2 Å². The molecule has 0 aliphatic carbocycles. The molecule has 2 aromatic carbocycles. The van der Waals surface area contributed by atoms with E-state index in [0.717, 1.165) is 0 Å². The Bertz CT molecular complexity index is 1260. The molecule has 0 amide bonds. The largest absolute Gasteiger partial charge is 0.457 e. The molecule has 0 heterocycles. The Morgan fingerprint density at radius 3 is 1.71 bits per heavy atom. The first kappa shape index (κ1) is 30.0. The number of aliphatic hydroxyl groups excluding tert-OH is 1. The molecular weight excluding hydrogens is 488 g/mol. The Balaban J connectivity index is 2.54. The van der Waals surface area contributed by atoms with E-state index in [1.165, 1.54) is 19.9 Å². The van der Waals surface area contributed by atoms with E-state index in [9.17, 15) is 19.5 Å². The molecule has 1 unspecified atom stereocenters. The van der Waals surface area contributed by atoms with Crippen LogP contribution < -0.4 is 9.47 Å². The van der Waals surface area contributed by atoms with E-state index >= 15 is 0 Å². The summed E-state index contributed by atoms with van der Waals surface area (Å²) in [6.45, 7) is 20.5. The fourth-order valence-corrected chi connectivity index (χ4v) is 2.90. The molecular formula is C30H32O8. The summed E-state index contributed by atoms with van der Waals surface area (Å²) in [7, 11) is 0. The van der Waals surface area contributed by atoms with Crippen LogP contribution in [-0.2, 0) is 37.1 Å². The van der Waals surface area contributed by atoms with Crippen molar-refractivity contribution in [1.29, 1.82) is 0 Å². The monoisotopic (exact) mass is 520 g/mol. The van der Waals surface area contributed by atoms with Gasteiger partial charge in [-0.2, -0.15) is 0 Å². The van der Waals surface area contributed by atoms with Gasteiger partial charge in [0.15, 0.2) is 6.29 Å². The van der Waals surface area contributed by atoms with Gasteiger partial charge in [-0.25, -0.2) is 14.4 Å². The van der Waals surface area contributed by atoms with Crippen LogP contribution in [0.2, 0.25) is 0 Å². The summed E-state index contributed by atoms with van der Waals surface area (Å²) in [5.74, 6) is -1.56. The summed E-state index contributed by atoms with van der Waals surface area (Å²) in [5.41, 5.74) is 3.51. The maximum Gasteiger partial charge on any atom is 0.338 e. The Hall–Kier alpha value is -4.27. The van der Waals surface area contributed by atoms with Gasteiger partial charge in [-0.05, 0) is 73.7 Å². The minimum absolute atomic E-state index is 0.0241.